The second-order valence-corrected chi connectivity index (χ2v) is 5.70. The van der Waals surface area contributed by atoms with E-state index in [1.807, 2.05) is 0 Å². The summed E-state index contributed by atoms with van der Waals surface area (Å²) in [5, 5.41) is 3.59. The van der Waals surface area contributed by atoms with Crippen LogP contribution in [0, 0.1) is 6.92 Å². The van der Waals surface area contributed by atoms with Gasteiger partial charge in [-0.25, -0.2) is 0 Å². The average Bonchev–Trinajstić information content (AvgIpc) is 2.93. The Morgan fingerprint density at radius 2 is 2.28 bits per heavy atom. The van der Waals surface area contributed by atoms with E-state index in [0.29, 0.717) is 6.10 Å². The Bertz CT molecular complexity index is 389. The maximum Gasteiger partial charge on any atom is 0.0593 e. The molecule has 18 heavy (non-hydrogen) atoms. The molecule has 1 saturated carbocycles. The van der Waals surface area contributed by atoms with Gasteiger partial charge < -0.3 is 14.6 Å². The molecule has 0 bridgehead atoms. The highest BCUT2D eigenvalue weighted by molar-refractivity contribution is 5.21. The minimum absolute atomic E-state index is 0.500. The van der Waals surface area contributed by atoms with E-state index < -0.39 is 0 Å². The molecule has 0 radical (unpaired) electrons. The minimum atomic E-state index is 0.500. The standard InChI is InChI=1S/C15H24N2O/c1-12-13(11-16-14-4-5-14)6-8-17(12)9-7-15-3-2-10-18-15/h6,8,14-16H,2-5,7,9-11H2,1H3. The smallest absolute Gasteiger partial charge is 0.0593 e. The topological polar surface area (TPSA) is 26.2 Å². The highest BCUT2D eigenvalue weighted by Gasteiger charge is 2.20. The molecule has 1 aliphatic heterocycles. The first kappa shape index (κ1) is 12.2. The molecule has 1 saturated heterocycles. The van der Waals surface area contributed by atoms with Crippen LogP contribution >= 0.6 is 0 Å². The van der Waals surface area contributed by atoms with Crippen LogP contribution in [0.5, 0.6) is 0 Å². The van der Waals surface area contributed by atoms with Crippen molar-refractivity contribution in [2.75, 3.05) is 6.61 Å². The summed E-state index contributed by atoms with van der Waals surface area (Å²) in [6.45, 7) is 5.33. The third-order valence-electron chi connectivity index (χ3n) is 4.23. The lowest BCUT2D eigenvalue weighted by atomic mass is 10.2. The Hall–Kier alpha value is -0.800. The van der Waals surface area contributed by atoms with Crippen LogP contribution in [0.2, 0.25) is 0 Å². The molecule has 0 spiro atoms. The first-order valence-corrected chi connectivity index (χ1v) is 7.32. The number of rotatable bonds is 6. The fourth-order valence-electron chi connectivity index (χ4n) is 2.72. The van der Waals surface area contributed by atoms with E-state index in [-0.39, 0.29) is 0 Å². The van der Waals surface area contributed by atoms with Crippen LogP contribution in [0.4, 0.5) is 0 Å². The third-order valence-corrected chi connectivity index (χ3v) is 4.23. The molecule has 3 heteroatoms. The molecule has 1 atom stereocenters. The molecule has 2 aliphatic rings. The summed E-state index contributed by atoms with van der Waals surface area (Å²) in [6, 6.07) is 3.06. The van der Waals surface area contributed by atoms with Gasteiger partial charge in [-0.1, -0.05) is 0 Å². The van der Waals surface area contributed by atoms with Gasteiger partial charge in [0.1, 0.15) is 0 Å². The Balaban J connectivity index is 1.51. The zero-order valence-corrected chi connectivity index (χ0v) is 11.3. The summed E-state index contributed by atoms with van der Waals surface area (Å²) in [4.78, 5) is 0. The van der Waals surface area contributed by atoms with E-state index in [1.54, 1.807) is 0 Å². The fraction of sp³-hybridized carbons (Fsp3) is 0.733. The maximum absolute atomic E-state index is 5.68. The SMILES string of the molecule is Cc1c(CNC2CC2)ccn1CCC1CCCO1. The van der Waals surface area contributed by atoms with Crippen LogP contribution in [0.15, 0.2) is 12.3 Å². The molecule has 2 fully saturated rings. The van der Waals surface area contributed by atoms with Crippen molar-refractivity contribution >= 4 is 0 Å². The van der Waals surface area contributed by atoms with Crippen molar-refractivity contribution in [3.05, 3.63) is 23.5 Å². The van der Waals surface area contributed by atoms with Crippen molar-refractivity contribution in [3.63, 3.8) is 0 Å². The molecule has 1 aromatic heterocycles. The summed E-state index contributed by atoms with van der Waals surface area (Å²) in [6.07, 6.45) is 9.10. The van der Waals surface area contributed by atoms with Gasteiger partial charge in [-0.15, -0.1) is 0 Å². The first-order chi connectivity index (χ1) is 8.83. The molecule has 0 aromatic carbocycles. The molecule has 3 rings (SSSR count). The van der Waals surface area contributed by atoms with Gasteiger partial charge in [0.05, 0.1) is 6.10 Å². The Kier molecular flexibility index (Phi) is 3.71. The van der Waals surface area contributed by atoms with Gasteiger partial charge in [-0.2, -0.15) is 0 Å². The lowest BCUT2D eigenvalue weighted by Gasteiger charge is -2.12. The van der Waals surface area contributed by atoms with Crippen molar-refractivity contribution in [1.29, 1.82) is 0 Å². The number of nitrogens with zero attached hydrogens (tertiary/aromatic N) is 1. The summed E-state index contributed by atoms with van der Waals surface area (Å²) >= 11 is 0. The number of hydrogen-bond donors (Lipinski definition) is 1. The summed E-state index contributed by atoms with van der Waals surface area (Å²) in [5.74, 6) is 0. The predicted octanol–water partition coefficient (Wildman–Crippen LogP) is 2.62. The second-order valence-electron chi connectivity index (χ2n) is 5.70. The van der Waals surface area contributed by atoms with Gasteiger partial charge in [0, 0.05) is 37.6 Å². The molecule has 2 heterocycles. The highest BCUT2D eigenvalue weighted by atomic mass is 16.5. The van der Waals surface area contributed by atoms with Gasteiger partial charge in [-0.3, -0.25) is 0 Å². The van der Waals surface area contributed by atoms with Crippen LogP contribution in [0.25, 0.3) is 0 Å². The van der Waals surface area contributed by atoms with E-state index in [1.165, 1.54) is 36.9 Å². The third kappa shape index (κ3) is 2.96. The van der Waals surface area contributed by atoms with Crippen LogP contribution in [-0.2, 0) is 17.8 Å². The summed E-state index contributed by atoms with van der Waals surface area (Å²) < 4.78 is 8.06. The Morgan fingerprint density at radius 1 is 1.39 bits per heavy atom. The maximum atomic E-state index is 5.68. The monoisotopic (exact) mass is 248 g/mol. The van der Waals surface area contributed by atoms with Crippen molar-refractivity contribution in [2.45, 2.75) is 64.3 Å². The van der Waals surface area contributed by atoms with Gasteiger partial charge in [0.25, 0.3) is 0 Å². The normalized spacial score (nSPS) is 23.7. The van der Waals surface area contributed by atoms with Crippen LogP contribution in [-0.4, -0.2) is 23.3 Å². The van der Waals surface area contributed by atoms with Crippen molar-refractivity contribution in [3.8, 4) is 0 Å². The molecular weight excluding hydrogens is 224 g/mol. The molecule has 1 unspecified atom stereocenters. The van der Waals surface area contributed by atoms with E-state index in [4.69, 9.17) is 4.74 Å². The zero-order chi connectivity index (χ0) is 12.4. The predicted molar refractivity (Wildman–Crippen MR) is 72.6 cm³/mol. The van der Waals surface area contributed by atoms with Gasteiger partial charge in [0.2, 0.25) is 0 Å². The van der Waals surface area contributed by atoms with Crippen molar-refractivity contribution in [1.82, 2.24) is 9.88 Å². The molecular formula is C15H24N2O. The molecule has 1 N–H and O–H groups in total. The summed E-state index contributed by atoms with van der Waals surface area (Å²) in [7, 11) is 0. The molecule has 1 aliphatic carbocycles. The number of nitrogens with one attached hydrogen (secondary N) is 1. The van der Waals surface area contributed by atoms with Crippen molar-refractivity contribution < 1.29 is 4.74 Å². The van der Waals surface area contributed by atoms with E-state index >= 15 is 0 Å². The Morgan fingerprint density at radius 3 is 3.00 bits per heavy atom. The largest absolute Gasteiger partial charge is 0.378 e. The lowest BCUT2D eigenvalue weighted by Crippen LogP contribution is -2.16. The van der Waals surface area contributed by atoms with E-state index in [9.17, 15) is 0 Å². The molecule has 0 amide bonds. The molecule has 3 nitrogen and oxygen atoms in total. The molecule has 1 aromatic rings. The number of ether oxygens (including phenoxy) is 1. The Labute approximate surface area is 110 Å². The number of aromatic nitrogens is 1. The average molecular weight is 248 g/mol. The fourth-order valence-corrected chi connectivity index (χ4v) is 2.72. The second kappa shape index (κ2) is 5.45. The van der Waals surface area contributed by atoms with E-state index in [2.05, 4.69) is 29.1 Å². The van der Waals surface area contributed by atoms with Gasteiger partial charge >= 0.3 is 0 Å². The first-order valence-electron chi connectivity index (χ1n) is 7.32. The van der Waals surface area contributed by atoms with Crippen molar-refractivity contribution in [2.24, 2.45) is 0 Å². The van der Waals surface area contributed by atoms with Crippen LogP contribution < -0.4 is 5.32 Å². The molecule has 100 valence electrons. The van der Waals surface area contributed by atoms with Crippen LogP contribution in [0.3, 0.4) is 0 Å². The van der Waals surface area contributed by atoms with Gasteiger partial charge in [0.15, 0.2) is 0 Å². The zero-order valence-electron chi connectivity index (χ0n) is 11.3. The number of aryl methyl sites for hydroxylation is 1. The van der Waals surface area contributed by atoms with E-state index in [0.717, 1.165) is 32.2 Å². The van der Waals surface area contributed by atoms with Crippen LogP contribution in [0.1, 0.15) is 43.4 Å². The number of hydrogen-bond acceptors (Lipinski definition) is 2. The van der Waals surface area contributed by atoms with Gasteiger partial charge in [-0.05, 0) is 50.7 Å². The highest BCUT2D eigenvalue weighted by Crippen LogP contribution is 2.21. The summed E-state index contributed by atoms with van der Waals surface area (Å²) in [5.41, 5.74) is 2.87. The lowest BCUT2D eigenvalue weighted by molar-refractivity contribution is 0.100. The quantitative estimate of drug-likeness (QED) is 0.837. The minimum Gasteiger partial charge on any atom is -0.378 e.